The van der Waals surface area contributed by atoms with E-state index in [9.17, 15) is 9.59 Å². The van der Waals surface area contributed by atoms with Crippen LogP contribution in [0.5, 0.6) is 0 Å². The first kappa shape index (κ1) is 21.1. The van der Waals surface area contributed by atoms with Gasteiger partial charge in [0.2, 0.25) is 11.7 Å². The van der Waals surface area contributed by atoms with Crippen LogP contribution < -0.4 is 5.32 Å². The van der Waals surface area contributed by atoms with Gasteiger partial charge >= 0.3 is 0 Å². The first-order chi connectivity index (χ1) is 14.0. The number of tetrazole rings is 1. The topological polar surface area (TPSA) is 89.8 Å². The molecule has 2 aromatic rings. The summed E-state index contributed by atoms with van der Waals surface area (Å²) in [6, 6.07) is 9.01. The number of hydrogen-bond acceptors (Lipinski definition) is 5. The lowest BCUT2D eigenvalue weighted by atomic mass is 9.98. The van der Waals surface area contributed by atoms with Crippen LogP contribution in [0.4, 0.5) is 0 Å². The van der Waals surface area contributed by atoms with E-state index in [0.717, 1.165) is 12.0 Å². The highest BCUT2D eigenvalue weighted by Gasteiger charge is 2.24. The van der Waals surface area contributed by atoms with Gasteiger partial charge in [-0.2, -0.15) is 4.80 Å². The molecule has 1 aliphatic carbocycles. The van der Waals surface area contributed by atoms with Gasteiger partial charge in [0.1, 0.15) is 6.54 Å². The molecular formula is C22H31N5O2. The van der Waals surface area contributed by atoms with Crippen LogP contribution in [0.2, 0.25) is 0 Å². The second-order valence-corrected chi connectivity index (χ2v) is 8.41. The van der Waals surface area contributed by atoms with Crippen LogP contribution in [0.25, 0.3) is 11.4 Å². The molecule has 0 aliphatic heterocycles. The summed E-state index contributed by atoms with van der Waals surface area (Å²) in [5.41, 5.74) is 0.852. The van der Waals surface area contributed by atoms with E-state index in [1.54, 1.807) is 0 Å². The van der Waals surface area contributed by atoms with Gasteiger partial charge in [0.15, 0.2) is 5.78 Å². The fourth-order valence-electron chi connectivity index (χ4n) is 3.91. The predicted octanol–water partition coefficient (Wildman–Crippen LogP) is 3.41. The van der Waals surface area contributed by atoms with Gasteiger partial charge in [-0.3, -0.25) is 9.59 Å². The van der Waals surface area contributed by atoms with Crippen molar-refractivity contribution in [1.82, 2.24) is 25.5 Å². The fourth-order valence-corrected chi connectivity index (χ4v) is 3.91. The zero-order valence-corrected chi connectivity index (χ0v) is 17.4. The van der Waals surface area contributed by atoms with Gasteiger partial charge < -0.3 is 5.32 Å². The molecule has 7 nitrogen and oxygen atoms in total. The molecule has 0 unspecified atom stereocenters. The third-order valence-electron chi connectivity index (χ3n) is 5.47. The number of nitrogens with zero attached hydrogens (tertiary/aromatic N) is 4. The number of aromatic nitrogens is 4. The number of carbonyl (C=O) groups is 2. The summed E-state index contributed by atoms with van der Waals surface area (Å²) in [4.78, 5) is 26.6. The van der Waals surface area contributed by atoms with Gasteiger partial charge in [0.25, 0.3) is 0 Å². The van der Waals surface area contributed by atoms with E-state index >= 15 is 0 Å². The van der Waals surface area contributed by atoms with Crippen molar-refractivity contribution in [2.24, 2.45) is 11.8 Å². The fraction of sp³-hybridized carbons (Fsp3) is 0.591. The minimum Gasteiger partial charge on any atom is -0.346 e. The van der Waals surface area contributed by atoms with E-state index in [2.05, 4.69) is 20.7 Å². The molecule has 1 amide bonds. The molecule has 29 heavy (non-hydrogen) atoms. The Morgan fingerprint density at radius 2 is 1.90 bits per heavy atom. The largest absolute Gasteiger partial charge is 0.346 e. The molecule has 1 aromatic heterocycles. The molecule has 1 aromatic carbocycles. The van der Waals surface area contributed by atoms with Gasteiger partial charge in [-0.1, -0.05) is 69.9 Å². The molecule has 0 spiro atoms. The number of Topliss-reactive ketones (excluding diaryl/α,β-unsaturated/α-hetero) is 1. The van der Waals surface area contributed by atoms with Crippen molar-refractivity contribution in [3.8, 4) is 11.4 Å². The molecule has 1 saturated carbocycles. The molecule has 1 heterocycles. The van der Waals surface area contributed by atoms with Crippen molar-refractivity contribution in [2.75, 3.05) is 0 Å². The normalized spacial score (nSPS) is 15.6. The number of ketones is 1. The molecule has 1 atom stereocenters. The van der Waals surface area contributed by atoms with E-state index in [0.29, 0.717) is 30.5 Å². The van der Waals surface area contributed by atoms with Crippen molar-refractivity contribution in [1.29, 1.82) is 0 Å². The molecule has 1 fully saturated rings. The van der Waals surface area contributed by atoms with Crippen molar-refractivity contribution >= 4 is 11.7 Å². The average Bonchev–Trinajstić information content (AvgIpc) is 3.38. The number of amides is 1. The molecule has 1 aliphatic rings. The van der Waals surface area contributed by atoms with Gasteiger partial charge in [-0.25, -0.2) is 0 Å². The highest BCUT2D eigenvalue weighted by atomic mass is 16.2. The van der Waals surface area contributed by atoms with Crippen LogP contribution in [-0.4, -0.2) is 37.9 Å². The molecule has 0 saturated heterocycles. The quantitative estimate of drug-likeness (QED) is 0.663. The van der Waals surface area contributed by atoms with Crippen LogP contribution in [0.1, 0.15) is 58.8 Å². The second kappa shape index (κ2) is 10.3. The number of carbonyl (C=O) groups excluding carboxylic acids is 2. The third-order valence-corrected chi connectivity index (χ3v) is 5.47. The van der Waals surface area contributed by atoms with Gasteiger partial charge in [-0.15, -0.1) is 10.2 Å². The minimum absolute atomic E-state index is 0.000124. The minimum atomic E-state index is -0.516. The summed E-state index contributed by atoms with van der Waals surface area (Å²) in [6.07, 6.45) is 7.01. The summed E-state index contributed by atoms with van der Waals surface area (Å²) < 4.78 is 0. The smallest absolute Gasteiger partial charge is 0.220 e. The Morgan fingerprint density at radius 1 is 1.17 bits per heavy atom. The summed E-state index contributed by atoms with van der Waals surface area (Å²) in [5, 5.41) is 15.3. The Balaban J connectivity index is 1.57. The maximum Gasteiger partial charge on any atom is 0.220 e. The number of hydrogen-bond donors (Lipinski definition) is 1. The van der Waals surface area contributed by atoms with Crippen LogP contribution in [0, 0.1) is 11.8 Å². The zero-order valence-electron chi connectivity index (χ0n) is 17.4. The molecule has 1 N–H and O–H groups in total. The van der Waals surface area contributed by atoms with Crippen molar-refractivity contribution in [2.45, 2.75) is 71.4 Å². The molecule has 0 radical (unpaired) electrons. The number of benzene rings is 1. The van der Waals surface area contributed by atoms with Gasteiger partial charge in [0, 0.05) is 12.0 Å². The van der Waals surface area contributed by atoms with E-state index in [1.807, 2.05) is 44.2 Å². The van der Waals surface area contributed by atoms with Crippen LogP contribution >= 0.6 is 0 Å². The monoisotopic (exact) mass is 397 g/mol. The second-order valence-electron chi connectivity index (χ2n) is 8.41. The summed E-state index contributed by atoms with van der Waals surface area (Å²) in [6.45, 7) is 4.10. The maximum absolute atomic E-state index is 12.8. The Hall–Kier alpha value is -2.57. The summed E-state index contributed by atoms with van der Waals surface area (Å²) in [5.74, 6) is 1.31. The number of nitrogens with one attached hydrogen (secondary N) is 1. The first-order valence-corrected chi connectivity index (χ1v) is 10.7. The average molecular weight is 398 g/mol. The Bertz CT molecular complexity index is 797. The lowest BCUT2D eigenvalue weighted by molar-refractivity contribution is -0.128. The lowest BCUT2D eigenvalue weighted by Crippen LogP contribution is -2.43. The highest BCUT2D eigenvalue weighted by Crippen LogP contribution is 2.28. The zero-order chi connectivity index (χ0) is 20.6. The van der Waals surface area contributed by atoms with E-state index in [1.165, 1.54) is 30.5 Å². The number of rotatable bonds is 10. The molecular weight excluding hydrogens is 366 g/mol. The van der Waals surface area contributed by atoms with E-state index in [4.69, 9.17) is 0 Å². The molecule has 3 rings (SSSR count). The van der Waals surface area contributed by atoms with E-state index in [-0.39, 0.29) is 18.2 Å². The molecule has 7 heteroatoms. The Labute approximate surface area is 172 Å². The summed E-state index contributed by atoms with van der Waals surface area (Å²) >= 11 is 0. The summed E-state index contributed by atoms with van der Waals surface area (Å²) in [7, 11) is 0. The molecule has 156 valence electrons. The van der Waals surface area contributed by atoms with E-state index < -0.39 is 6.04 Å². The SMILES string of the molecule is CC(C)C[C@H](NC(=O)CCC1CCCC1)C(=O)Cn1nnc(-c2ccccc2)n1. The van der Waals surface area contributed by atoms with Gasteiger partial charge in [-0.05, 0) is 29.9 Å². The van der Waals surface area contributed by atoms with Crippen molar-refractivity contribution in [3.05, 3.63) is 30.3 Å². The Kier molecular flexibility index (Phi) is 7.49. The lowest BCUT2D eigenvalue weighted by Gasteiger charge is -2.19. The third kappa shape index (κ3) is 6.48. The molecule has 0 bridgehead atoms. The van der Waals surface area contributed by atoms with Crippen molar-refractivity contribution in [3.63, 3.8) is 0 Å². The highest BCUT2D eigenvalue weighted by molar-refractivity contribution is 5.88. The Morgan fingerprint density at radius 3 is 2.59 bits per heavy atom. The predicted molar refractivity (Wildman–Crippen MR) is 111 cm³/mol. The van der Waals surface area contributed by atoms with Gasteiger partial charge in [0.05, 0.1) is 6.04 Å². The van der Waals surface area contributed by atoms with Crippen LogP contribution in [-0.2, 0) is 16.1 Å². The standard InChI is InChI=1S/C22H31N5O2/c1-16(2)14-19(23-21(29)13-12-17-8-6-7-9-17)20(28)15-27-25-22(24-26-27)18-10-4-3-5-11-18/h3-5,10-11,16-17,19H,6-9,12-15H2,1-2H3,(H,23,29)/t19-/m0/s1. The van der Waals surface area contributed by atoms with Crippen LogP contribution in [0.3, 0.4) is 0 Å². The maximum atomic E-state index is 12.8. The van der Waals surface area contributed by atoms with Crippen molar-refractivity contribution < 1.29 is 9.59 Å². The first-order valence-electron chi connectivity index (χ1n) is 10.7. The van der Waals surface area contributed by atoms with Crippen LogP contribution in [0.15, 0.2) is 30.3 Å².